The quantitative estimate of drug-likeness (QED) is 0.649. The number of benzene rings is 2. The Morgan fingerprint density at radius 3 is 1.73 bits per heavy atom. The third kappa shape index (κ3) is 4.71. The first-order valence-electron chi connectivity index (χ1n) is 10.1. The van der Waals surface area contributed by atoms with Crippen molar-refractivity contribution in [3.63, 3.8) is 0 Å². The maximum atomic E-state index is 13.3. The van der Waals surface area contributed by atoms with Crippen LogP contribution in [0.4, 0.5) is 4.79 Å². The predicted octanol–water partition coefficient (Wildman–Crippen LogP) is 5.87. The molecule has 1 amide bonds. The molecule has 4 heteroatoms. The van der Waals surface area contributed by atoms with Gasteiger partial charge in [-0.3, -0.25) is 0 Å². The second-order valence-corrected chi connectivity index (χ2v) is 8.61. The van der Waals surface area contributed by atoms with Crippen LogP contribution in [0.1, 0.15) is 38.8 Å². The predicted molar refractivity (Wildman–Crippen MR) is 121 cm³/mol. The van der Waals surface area contributed by atoms with Crippen LogP contribution in [-0.2, 0) is 4.74 Å². The normalized spacial score (nSPS) is 16.9. The van der Waals surface area contributed by atoms with Gasteiger partial charge in [-0.05, 0) is 51.0 Å². The number of ether oxygens (including phenoxy) is 1. The van der Waals surface area contributed by atoms with E-state index in [1.165, 1.54) is 6.08 Å². The molecule has 1 atom stereocenters. The third-order valence-electron chi connectivity index (χ3n) is 4.96. The Morgan fingerprint density at radius 1 is 0.933 bits per heavy atom. The van der Waals surface area contributed by atoms with Crippen LogP contribution in [0.25, 0.3) is 11.4 Å². The summed E-state index contributed by atoms with van der Waals surface area (Å²) in [7, 11) is 0. The minimum atomic E-state index is -1.18. The summed E-state index contributed by atoms with van der Waals surface area (Å²) in [6.07, 6.45) is 4.85. The van der Waals surface area contributed by atoms with E-state index >= 15 is 0 Å². The molecule has 3 rings (SSSR count). The summed E-state index contributed by atoms with van der Waals surface area (Å²) >= 11 is 0. The molecule has 0 radical (unpaired) electrons. The fourth-order valence-corrected chi connectivity index (χ4v) is 3.31. The summed E-state index contributed by atoms with van der Waals surface area (Å²) in [4.78, 5) is 14.9. The SMILES string of the molecule is C=CC(C)(O)C1C=C(c2ccccc2)N(C(=O)OC(C)(C)C)C(c2ccccc2)=C1. The molecular formula is C26H29NO3. The van der Waals surface area contributed by atoms with E-state index in [0.717, 1.165) is 11.1 Å². The van der Waals surface area contributed by atoms with Crippen molar-refractivity contribution in [1.29, 1.82) is 0 Å². The molecule has 0 fully saturated rings. The van der Waals surface area contributed by atoms with Gasteiger partial charge in [-0.25, -0.2) is 9.69 Å². The Kier molecular flexibility index (Phi) is 5.99. The molecule has 2 aromatic carbocycles. The summed E-state index contributed by atoms with van der Waals surface area (Å²) in [6.45, 7) is 11.0. The van der Waals surface area contributed by atoms with Gasteiger partial charge in [-0.15, -0.1) is 6.58 Å². The molecule has 0 aliphatic carbocycles. The van der Waals surface area contributed by atoms with Gasteiger partial charge in [-0.2, -0.15) is 0 Å². The summed E-state index contributed by atoms with van der Waals surface area (Å²) in [5.74, 6) is -0.376. The zero-order valence-electron chi connectivity index (χ0n) is 18.0. The first-order chi connectivity index (χ1) is 14.1. The average molecular weight is 404 g/mol. The summed E-state index contributed by atoms with van der Waals surface area (Å²) in [6, 6.07) is 19.3. The van der Waals surface area contributed by atoms with Crippen molar-refractivity contribution >= 4 is 17.5 Å². The molecule has 30 heavy (non-hydrogen) atoms. The van der Waals surface area contributed by atoms with Crippen LogP contribution in [0.15, 0.2) is 85.5 Å². The van der Waals surface area contributed by atoms with Crippen LogP contribution in [0, 0.1) is 5.92 Å². The maximum absolute atomic E-state index is 13.3. The van der Waals surface area contributed by atoms with Gasteiger partial charge in [0.25, 0.3) is 0 Å². The Labute approximate surface area is 178 Å². The topological polar surface area (TPSA) is 49.8 Å². The number of hydrogen-bond donors (Lipinski definition) is 1. The van der Waals surface area contributed by atoms with Crippen molar-refractivity contribution in [1.82, 2.24) is 4.90 Å². The van der Waals surface area contributed by atoms with Crippen molar-refractivity contribution in [2.45, 2.75) is 38.9 Å². The van der Waals surface area contributed by atoms with Gasteiger partial charge in [0, 0.05) is 5.92 Å². The van der Waals surface area contributed by atoms with Crippen molar-refractivity contribution in [3.8, 4) is 0 Å². The van der Waals surface area contributed by atoms with Gasteiger partial charge in [0.2, 0.25) is 0 Å². The second-order valence-electron chi connectivity index (χ2n) is 8.61. The van der Waals surface area contributed by atoms with E-state index in [9.17, 15) is 9.90 Å². The number of carbonyl (C=O) groups is 1. The number of aliphatic hydroxyl groups is 1. The molecule has 2 aromatic rings. The molecule has 0 spiro atoms. The third-order valence-corrected chi connectivity index (χ3v) is 4.96. The number of hydrogen-bond acceptors (Lipinski definition) is 3. The van der Waals surface area contributed by atoms with Crippen molar-refractivity contribution in [2.24, 2.45) is 5.92 Å². The maximum Gasteiger partial charge on any atom is 0.419 e. The van der Waals surface area contributed by atoms with Crippen molar-refractivity contribution < 1.29 is 14.6 Å². The van der Waals surface area contributed by atoms with Gasteiger partial charge < -0.3 is 9.84 Å². The highest BCUT2D eigenvalue weighted by Crippen LogP contribution is 2.40. The minimum absolute atomic E-state index is 0.376. The molecule has 0 aromatic heterocycles. The van der Waals surface area contributed by atoms with Gasteiger partial charge in [0.1, 0.15) is 5.60 Å². The first kappa shape index (κ1) is 21.6. The Bertz CT molecular complexity index is 909. The summed E-state index contributed by atoms with van der Waals surface area (Å²) in [5.41, 5.74) is 1.21. The lowest BCUT2D eigenvalue weighted by Crippen LogP contribution is -2.39. The van der Waals surface area contributed by atoms with Crippen LogP contribution in [0.5, 0.6) is 0 Å². The Balaban J connectivity index is 2.22. The highest BCUT2D eigenvalue weighted by molar-refractivity contribution is 5.95. The van der Waals surface area contributed by atoms with Gasteiger partial charge in [-0.1, -0.05) is 66.7 Å². The molecule has 0 bridgehead atoms. The van der Waals surface area contributed by atoms with Crippen LogP contribution < -0.4 is 0 Å². The lowest BCUT2D eigenvalue weighted by molar-refractivity contribution is 0.0415. The van der Waals surface area contributed by atoms with E-state index in [-0.39, 0.29) is 5.92 Å². The van der Waals surface area contributed by atoms with Crippen molar-refractivity contribution in [3.05, 3.63) is 96.6 Å². The molecule has 1 aliphatic rings. The van der Waals surface area contributed by atoms with E-state index in [1.807, 2.05) is 93.6 Å². The highest BCUT2D eigenvalue weighted by atomic mass is 16.6. The Hall–Kier alpha value is -3.11. The lowest BCUT2D eigenvalue weighted by Gasteiger charge is -2.37. The van der Waals surface area contributed by atoms with Gasteiger partial charge >= 0.3 is 6.09 Å². The van der Waals surface area contributed by atoms with Gasteiger partial charge in [0.15, 0.2) is 0 Å². The smallest absolute Gasteiger partial charge is 0.419 e. The van der Waals surface area contributed by atoms with Crippen LogP contribution in [-0.4, -0.2) is 27.3 Å². The number of rotatable bonds is 4. The number of amides is 1. The molecule has 156 valence electrons. The van der Waals surface area contributed by atoms with Gasteiger partial charge in [0.05, 0.1) is 17.0 Å². The van der Waals surface area contributed by atoms with Crippen LogP contribution in [0.3, 0.4) is 0 Å². The highest BCUT2D eigenvalue weighted by Gasteiger charge is 2.36. The molecule has 0 saturated heterocycles. The lowest BCUT2D eigenvalue weighted by atomic mass is 9.83. The molecule has 4 nitrogen and oxygen atoms in total. The molecule has 1 unspecified atom stereocenters. The van der Waals surface area contributed by atoms with E-state index in [4.69, 9.17) is 4.74 Å². The Morgan fingerprint density at radius 2 is 1.37 bits per heavy atom. The fourth-order valence-electron chi connectivity index (χ4n) is 3.31. The second kappa shape index (κ2) is 8.33. The molecule has 1 N–H and O–H groups in total. The summed E-state index contributed by atoms with van der Waals surface area (Å²) in [5, 5.41) is 10.9. The van der Waals surface area contributed by atoms with Crippen molar-refractivity contribution in [2.75, 3.05) is 0 Å². The largest absolute Gasteiger partial charge is 0.443 e. The number of nitrogens with zero attached hydrogens (tertiary/aromatic N) is 1. The monoisotopic (exact) mass is 403 g/mol. The molecular weight excluding hydrogens is 374 g/mol. The molecule has 1 heterocycles. The zero-order valence-corrected chi connectivity index (χ0v) is 18.0. The van der Waals surface area contributed by atoms with E-state index < -0.39 is 17.3 Å². The van der Waals surface area contributed by atoms with E-state index in [0.29, 0.717) is 11.4 Å². The first-order valence-corrected chi connectivity index (χ1v) is 10.1. The fraction of sp³-hybridized carbons (Fsp3) is 0.269. The zero-order chi connectivity index (χ0) is 21.9. The van der Waals surface area contributed by atoms with E-state index in [1.54, 1.807) is 11.8 Å². The van der Waals surface area contributed by atoms with Crippen LogP contribution >= 0.6 is 0 Å². The standard InChI is InChI=1S/C26H29NO3/c1-6-26(5,29)21-17-22(19-13-9-7-10-14-19)27(24(28)30-25(2,3)4)23(18-21)20-15-11-8-12-16-20/h6-18,21,29H,1H2,2-5H3. The number of carbonyl (C=O) groups excluding carboxylic acids is 1. The minimum Gasteiger partial charge on any atom is -0.443 e. The average Bonchev–Trinajstić information content (AvgIpc) is 2.72. The molecule has 1 aliphatic heterocycles. The van der Waals surface area contributed by atoms with Crippen LogP contribution in [0.2, 0.25) is 0 Å². The van der Waals surface area contributed by atoms with E-state index in [2.05, 4.69) is 6.58 Å². The summed E-state index contributed by atoms with van der Waals surface area (Å²) < 4.78 is 5.75. The molecule has 0 saturated carbocycles.